The second-order valence-corrected chi connectivity index (χ2v) is 2.68. The van der Waals surface area contributed by atoms with E-state index in [9.17, 15) is 9.90 Å². The number of hydrogen-bond donors (Lipinski definition) is 2. The number of amides is 1. The Morgan fingerprint density at radius 3 is 2.86 bits per heavy atom. The summed E-state index contributed by atoms with van der Waals surface area (Å²) in [7, 11) is 0. The minimum Gasteiger partial charge on any atom is -0.507 e. The highest BCUT2D eigenvalue weighted by molar-refractivity contribution is 5.96. The van der Waals surface area contributed by atoms with E-state index in [4.69, 9.17) is 5.26 Å². The predicted molar refractivity (Wildman–Crippen MR) is 50.7 cm³/mol. The highest BCUT2D eigenvalue weighted by atomic mass is 16.3. The van der Waals surface area contributed by atoms with E-state index in [2.05, 4.69) is 5.32 Å². The van der Waals surface area contributed by atoms with Gasteiger partial charge in [0, 0.05) is 6.54 Å². The normalized spacial score (nSPS) is 9.07. The van der Waals surface area contributed by atoms with Crippen molar-refractivity contribution in [3.05, 3.63) is 29.8 Å². The number of nitrogens with zero attached hydrogens (tertiary/aromatic N) is 1. The van der Waals surface area contributed by atoms with Crippen LogP contribution in [-0.2, 0) is 0 Å². The first-order chi connectivity index (χ1) is 6.75. The summed E-state index contributed by atoms with van der Waals surface area (Å²) in [5.41, 5.74) is 0.227. The van der Waals surface area contributed by atoms with Gasteiger partial charge in [-0.15, -0.1) is 0 Å². The van der Waals surface area contributed by atoms with Crippen molar-refractivity contribution in [2.75, 3.05) is 6.54 Å². The number of rotatable bonds is 3. The van der Waals surface area contributed by atoms with Gasteiger partial charge in [0.25, 0.3) is 5.91 Å². The third-order valence-corrected chi connectivity index (χ3v) is 1.67. The highest BCUT2D eigenvalue weighted by Gasteiger charge is 2.08. The van der Waals surface area contributed by atoms with Crippen LogP contribution >= 0.6 is 0 Å². The average Bonchev–Trinajstić information content (AvgIpc) is 2.18. The van der Waals surface area contributed by atoms with E-state index in [0.29, 0.717) is 6.54 Å². The van der Waals surface area contributed by atoms with Crippen LogP contribution in [0.25, 0.3) is 0 Å². The number of carbonyl (C=O) groups excluding carboxylic acids is 1. The van der Waals surface area contributed by atoms with Crippen LogP contribution in [0.3, 0.4) is 0 Å². The molecule has 0 spiro atoms. The van der Waals surface area contributed by atoms with Gasteiger partial charge < -0.3 is 10.4 Å². The molecule has 0 aliphatic heterocycles. The van der Waals surface area contributed by atoms with E-state index >= 15 is 0 Å². The molecule has 1 aromatic carbocycles. The fraction of sp³-hybridized carbons (Fsp3) is 0.200. The zero-order chi connectivity index (χ0) is 10.4. The Morgan fingerprint density at radius 1 is 1.50 bits per heavy atom. The third-order valence-electron chi connectivity index (χ3n) is 1.67. The number of carbonyl (C=O) groups is 1. The Kier molecular flexibility index (Phi) is 3.50. The van der Waals surface area contributed by atoms with Crippen LogP contribution in [0.4, 0.5) is 0 Å². The van der Waals surface area contributed by atoms with Crippen LogP contribution < -0.4 is 5.32 Å². The van der Waals surface area contributed by atoms with Gasteiger partial charge in [-0.1, -0.05) is 12.1 Å². The Morgan fingerprint density at radius 2 is 2.21 bits per heavy atom. The van der Waals surface area contributed by atoms with Crippen molar-refractivity contribution in [3.8, 4) is 11.8 Å². The molecule has 72 valence electrons. The molecule has 1 rings (SSSR count). The minimum absolute atomic E-state index is 0.0537. The minimum atomic E-state index is -0.363. The second-order valence-electron chi connectivity index (χ2n) is 2.68. The van der Waals surface area contributed by atoms with Gasteiger partial charge in [-0.3, -0.25) is 4.79 Å². The molecule has 2 N–H and O–H groups in total. The molecule has 0 radical (unpaired) electrons. The van der Waals surface area contributed by atoms with Gasteiger partial charge in [-0.05, 0) is 12.1 Å². The number of hydrogen-bond acceptors (Lipinski definition) is 3. The second kappa shape index (κ2) is 4.87. The van der Waals surface area contributed by atoms with Crippen molar-refractivity contribution >= 4 is 5.91 Å². The number of para-hydroxylation sites is 1. The van der Waals surface area contributed by atoms with Crippen molar-refractivity contribution in [1.29, 1.82) is 5.26 Å². The lowest BCUT2D eigenvalue weighted by atomic mass is 10.2. The Hall–Kier alpha value is -2.02. The number of nitriles is 1. The Balaban J connectivity index is 2.62. The van der Waals surface area contributed by atoms with E-state index in [1.54, 1.807) is 12.1 Å². The molecule has 4 heteroatoms. The number of benzene rings is 1. The summed E-state index contributed by atoms with van der Waals surface area (Å²) < 4.78 is 0. The van der Waals surface area contributed by atoms with Gasteiger partial charge in [0.05, 0.1) is 18.1 Å². The molecular formula is C10H10N2O2. The largest absolute Gasteiger partial charge is 0.507 e. The molecule has 0 aromatic heterocycles. The first-order valence-corrected chi connectivity index (χ1v) is 4.19. The smallest absolute Gasteiger partial charge is 0.255 e. The number of aromatic hydroxyl groups is 1. The summed E-state index contributed by atoms with van der Waals surface area (Å²) in [4.78, 5) is 11.4. The molecule has 14 heavy (non-hydrogen) atoms. The summed E-state index contributed by atoms with van der Waals surface area (Å²) in [6, 6.07) is 8.19. The van der Waals surface area contributed by atoms with E-state index in [-0.39, 0.29) is 23.6 Å². The van der Waals surface area contributed by atoms with E-state index in [1.165, 1.54) is 12.1 Å². The monoisotopic (exact) mass is 190 g/mol. The summed E-state index contributed by atoms with van der Waals surface area (Å²) in [5, 5.41) is 20.1. The maximum atomic E-state index is 11.4. The van der Waals surface area contributed by atoms with Crippen molar-refractivity contribution in [3.63, 3.8) is 0 Å². The van der Waals surface area contributed by atoms with Crippen molar-refractivity contribution in [2.45, 2.75) is 6.42 Å². The van der Waals surface area contributed by atoms with E-state index in [1.807, 2.05) is 6.07 Å². The van der Waals surface area contributed by atoms with E-state index < -0.39 is 0 Å². The summed E-state index contributed by atoms with van der Waals surface area (Å²) >= 11 is 0. The summed E-state index contributed by atoms with van der Waals surface area (Å²) in [6.45, 7) is 0.295. The maximum absolute atomic E-state index is 11.4. The SMILES string of the molecule is N#CCCNC(=O)c1ccccc1O. The fourth-order valence-corrected chi connectivity index (χ4v) is 0.993. The molecule has 1 aromatic rings. The third kappa shape index (κ3) is 2.49. The lowest BCUT2D eigenvalue weighted by molar-refractivity contribution is 0.0952. The zero-order valence-corrected chi connectivity index (χ0v) is 7.53. The summed E-state index contributed by atoms with van der Waals surface area (Å²) in [6.07, 6.45) is 0.263. The molecule has 0 atom stereocenters. The first kappa shape index (κ1) is 10.1. The van der Waals surface area contributed by atoms with E-state index in [0.717, 1.165) is 0 Å². The van der Waals surface area contributed by atoms with Gasteiger partial charge in [-0.25, -0.2) is 0 Å². The lowest BCUT2D eigenvalue weighted by Gasteiger charge is -2.03. The molecule has 0 aliphatic rings. The molecule has 0 fully saturated rings. The Bertz CT molecular complexity index is 369. The Labute approximate surface area is 81.8 Å². The summed E-state index contributed by atoms with van der Waals surface area (Å²) in [5.74, 6) is -0.416. The maximum Gasteiger partial charge on any atom is 0.255 e. The molecular weight excluding hydrogens is 180 g/mol. The highest BCUT2D eigenvalue weighted by Crippen LogP contribution is 2.14. The molecule has 4 nitrogen and oxygen atoms in total. The number of phenolic OH excluding ortho intramolecular Hbond substituents is 1. The standard InChI is InChI=1S/C10H10N2O2/c11-6-3-7-12-10(14)8-4-1-2-5-9(8)13/h1-2,4-5,13H,3,7H2,(H,12,14). The van der Waals surface area contributed by atoms with Crippen molar-refractivity contribution in [2.24, 2.45) is 0 Å². The van der Waals surface area contributed by atoms with Crippen molar-refractivity contribution < 1.29 is 9.90 Å². The van der Waals surface area contributed by atoms with Gasteiger partial charge in [0.2, 0.25) is 0 Å². The van der Waals surface area contributed by atoms with Crippen LogP contribution in [0.15, 0.2) is 24.3 Å². The van der Waals surface area contributed by atoms with Crippen LogP contribution in [0.5, 0.6) is 5.75 Å². The zero-order valence-electron chi connectivity index (χ0n) is 7.53. The van der Waals surface area contributed by atoms with Gasteiger partial charge in [-0.2, -0.15) is 5.26 Å². The topological polar surface area (TPSA) is 73.1 Å². The van der Waals surface area contributed by atoms with Crippen LogP contribution in [0.1, 0.15) is 16.8 Å². The predicted octanol–water partition coefficient (Wildman–Crippen LogP) is 1.04. The van der Waals surface area contributed by atoms with Crippen LogP contribution in [-0.4, -0.2) is 17.6 Å². The van der Waals surface area contributed by atoms with Crippen LogP contribution in [0, 0.1) is 11.3 Å². The van der Waals surface area contributed by atoms with Crippen molar-refractivity contribution in [1.82, 2.24) is 5.32 Å². The molecule has 0 heterocycles. The number of phenols is 1. The molecule has 0 unspecified atom stereocenters. The van der Waals surface area contributed by atoms with Gasteiger partial charge in [0.15, 0.2) is 0 Å². The lowest BCUT2D eigenvalue weighted by Crippen LogP contribution is -2.24. The molecule has 0 bridgehead atoms. The molecule has 1 amide bonds. The quantitative estimate of drug-likeness (QED) is 0.699. The van der Waals surface area contributed by atoms with Crippen LogP contribution in [0.2, 0.25) is 0 Å². The van der Waals surface area contributed by atoms with Gasteiger partial charge >= 0.3 is 0 Å². The average molecular weight is 190 g/mol. The fourth-order valence-electron chi connectivity index (χ4n) is 0.993. The first-order valence-electron chi connectivity index (χ1n) is 4.19. The molecule has 0 saturated carbocycles. The van der Waals surface area contributed by atoms with Gasteiger partial charge in [0.1, 0.15) is 5.75 Å². The molecule has 0 saturated heterocycles. The molecule has 0 aliphatic carbocycles. The number of nitrogens with one attached hydrogen (secondary N) is 1.